The third-order valence-electron chi connectivity index (χ3n) is 3.83. The van der Waals surface area contributed by atoms with Crippen molar-refractivity contribution in [3.8, 4) is 0 Å². The van der Waals surface area contributed by atoms with Gasteiger partial charge in [-0.05, 0) is 29.3 Å². The molecule has 3 heterocycles. The summed E-state index contributed by atoms with van der Waals surface area (Å²) in [7, 11) is 0. The first kappa shape index (κ1) is 13.6. The number of alkyl halides is 2. The molecule has 1 aromatic heterocycles. The monoisotopic (exact) mass is 300 g/mol. The molecule has 1 aromatic rings. The molecule has 1 saturated heterocycles. The molecule has 0 bridgehead atoms. The second-order valence-electron chi connectivity index (χ2n) is 5.13. The van der Waals surface area contributed by atoms with E-state index in [2.05, 4.69) is 5.32 Å². The number of thiophene rings is 1. The van der Waals surface area contributed by atoms with Crippen LogP contribution in [0.2, 0.25) is 0 Å². The molecule has 0 unspecified atom stereocenters. The van der Waals surface area contributed by atoms with Crippen molar-refractivity contribution in [2.45, 2.75) is 44.8 Å². The molecule has 0 saturated carbocycles. The van der Waals surface area contributed by atoms with E-state index in [1.807, 2.05) is 4.90 Å². The summed E-state index contributed by atoms with van der Waals surface area (Å²) in [6, 6.07) is -0.399. The van der Waals surface area contributed by atoms with Gasteiger partial charge >= 0.3 is 0 Å². The Morgan fingerprint density at radius 2 is 2.15 bits per heavy atom. The number of carbonyl (C=O) groups is 2. The number of hydrogen-bond donors (Lipinski definition) is 1. The zero-order valence-electron chi connectivity index (χ0n) is 10.7. The van der Waals surface area contributed by atoms with Crippen LogP contribution >= 0.6 is 11.3 Å². The van der Waals surface area contributed by atoms with E-state index in [0.717, 1.165) is 16.9 Å². The van der Waals surface area contributed by atoms with Gasteiger partial charge in [0.1, 0.15) is 0 Å². The summed E-state index contributed by atoms with van der Waals surface area (Å²) in [6.07, 6.45) is -0.879. The molecular weight excluding hydrogens is 286 g/mol. The fourth-order valence-electron chi connectivity index (χ4n) is 2.85. The Kier molecular flexibility index (Phi) is 3.55. The third-order valence-corrected chi connectivity index (χ3v) is 4.91. The van der Waals surface area contributed by atoms with Crippen molar-refractivity contribution in [1.29, 1.82) is 0 Å². The molecule has 4 nitrogen and oxygen atoms in total. The minimum absolute atomic E-state index is 0.104. The van der Waals surface area contributed by atoms with E-state index >= 15 is 0 Å². The summed E-state index contributed by atoms with van der Waals surface area (Å²) in [4.78, 5) is 25.3. The van der Waals surface area contributed by atoms with Crippen LogP contribution < -0.4 is 5.32 Å². The van der Waals surface area contributed by atoms with E-state index < -0.39 is 12.5 Å². The molecule has 2 amide bonds. The average molecular weight is 300 g/mol. The van der Waals surface area contributed by atoms with Crippen LogP contribution in [0.3, 0.4) is 0 Å². The Morgan fingerprint density at radius 3 is 2.90 bits per heavy atom. The van der Waals surface area contributed by atoms with E-state index in [1.165, 1.54) is 0 Å². The molecule has 0 radical (unpaired) electrons. The molecule has 0 spiro atoms. The SMILES string of the molecule is O=C1CCC[C@H](N2Cc3csc(C(F)F)c3C2)C(=O)N1. The van der Waals surface area contributed by atoms with E-state index in [4.69, 9.17) is 0 Å². The van der Waals surface area contributed by atoms with Gasteiger partial charge in [0.25, 0.3) is 6.43 Å². The van der Waals surface area contributed by atoms with Crippen molar-refractivity contribution in [3.05, 3.63) is 21.4 Å². The maximum absolute atomic E-state index is 12.9. The van der Waals surface area contributed by atoms with Gasteiger partial charge in [-0.1, -0.05) is 0 Å². The molecule has 20 heavy (non-hydrogen) atoms. The topological polar surface area (TPSA) is 49.4 Å². The van der Waals surface area contributed by atoms with Crippen LogP contribution in [0.5, 0.6) is 0 Å². The lowest BCUT2D eigenvalue weighted by molar-refractivity contribution is -0.132. The molecule has 108 valence electrons. The maximum Gasteiger partial charge on any atom is 0.273 e. The van der Waals surface area contributed by atoms with E-state index in [-0.39, 0.29) is 16.7 Å². The van der Waals surface area contributed by atoms with E-state index in [0.29, 0.717) is 37.9 Å². The number of nitrogens with zero attached hydrogens (tertiary/aromatic N) is 1. The van der Waals surface area contributed by atoms with Gasteiger partial charge in [-0.25, -0.2) is 8.78 Å². The summed E-state index contributed by atoms with van der Waals surface area (Å²) in [5.74, 6) is -0.556. The molecule has 7 heteroatoms. The van der Waals surface area contributed by atoms with Crippen LogP contribution in [-0.2, 0) is 22.7 Å². The van der Waals surface area contributed by atoms with Crippen LogP contribution in [0.1, 0.15) is 41.7 Å². The zero-order chi connectivity index (χ0) is 14.3. The van der Waals surface area contributed by atoms with Crippen molar-refractivity contribution in [3.63, 3.8) is 0 Å². The van der Waals surface area contributed by atoms with Crippen molar-refractivity contribution >= 4 is 23.2 Å². The molecule has 1 N–H and O–H groups in total. The molecule has 1 atom stereocenters. The standard InChI is InChI=1S/C13H14F2N2O2S/c14-12(15)11-8-5-17(4-7(8)6-20-11)9-2-1-3-10(18)16-13(9)19/h6,9,12H,1-5H2,(H,16,18,19)/t9-/m0/s1. The van der Waals surface area contributed by atoms with Gasteiger partial charge in [-0.2, -0.15) is 0 Å². The second-order valence-corrected chi connectivity index (χ2v) is 6.04. The van der Waals surface area contributed by atoms with Gasteiger partial charge in [0.05, 0.1) is 10.9 Å². The van der Waals surface area contributed by atoms with Gasteiger partial charge < -0.3 is 0 Å². The van der Waals surface area contributed by atoms with Crippen molar-refractivity contribution in [2.24, 2.45) is 0 Å². The van der Waals surface area contributed by atoms with Crippen molar-refractivity contribution in [2.75, 3.05) is 0 Å². The van der Waals surface area contributed by atoms with Crippen LogP contribution in [0.4, 0.5) is 8.78 Å². The normalized spacial score (nSPS) is 23.9. The predicted octanol–water partition coefficient (Wildman–Crippen LogP) is 2.20. The first-order valence-corrected chi connectivity index (χ1v) is 7.39. The fourth-order valence-corrected chi connectivity index (χ4v) is 3.77. The van der Waals surface area contributed by atoms with Gasteiger partial charge in [0.15, 0.2) is 0 Å². The van der Waals surface area contributed by atoms with Gasteiger partial charge in [-0.15, -0.1) is 11.3 Å². The number of halogens is 2. The zero-order valence-corrected chi connectivity index (χ0v) is 11.5. The molecule has 2 aliphatic heterocycles. The number of fused-ring (bicyclic) bond motifs is 1. The Morgan fingerprint density at radius 1 is 1.35 bits per heavy atom. The molecular formula is C13H14F2N2O2S. The number of amides is 2. The van der Waals surface area contributed by atoms with Crippen LogP contribution in [0, 0.1) is 0 Å². The summed E-state index contributed by atoms with van der Waals surface area (Å²) >= 11 is 1.08. The fraction of sp³-hybridized carbons (Fsp3) is 0.538. The number of imide groups is 1. The molecule has 0 aromatic carbocycles. The molecule has 3 rings (SSSR count). The molecule has 2 aliphatic rings. The lowest BCUT2D eigenvalue weighted by Crippen LogP contribution is -2.44. The van der Waals surface area contributed by atoms with Gasteiger partial charge in [0.2, 0.25) is 11.8 Å². The molecule has 0 aliphatic carbocycles. The van der Waals surface area contributed by atoms with Crippen LogP contribution in [0.15, 0.2) is 5.38 Å². The van der Waals surface area contributed by atoms with Crippen molar-refractivity contribution < 1.29 is 18.4 Å². The minimum atomic E-state index is -2.46. The highest BCUT2D eigenvalue weighted by Gasteiger charge is 2.35. The Balaban J connectivity index is 1.77. The van der Waals surface area contributed by atoms with E-state index in [1.54, 1.807) is 5.38 Å². The summed E-state index contributed by atoms with van der Waals surface area (Å²) in [5, 5.41) is 4.11. The Labute approximate surface area is 118 Å². The summed E-state index contributed by atoms with van der Waals surface area (Å²) in [6.45, 7) is 0.871. The van der Waals surface area contributed by atoms with E-state index in [9.17, 15) is 18.4 Å². The van der Waals surface area contributed by atoms with Crippen LogP contribution in [0.25, 0.3) is 0 Å². The lowest BCUT2D eigenvalue weighted by Gasteiger charge is -2.24. The first-order chi connectivity index (χ1) is 9.56. The van der Waals surface area contributed by atoms with Crippen molar-refractivity contribution in [1.82, 2.24) is 10.2 Å². The number of hydrogen-bond acceptors (Lipinski definition) is 4. The highest BCUT2D eigenvalue weighted by atomic mass is 32.1. The van der Waals surface area contributed by atoms with Gasteiger partial charge in [-0.3, -0.25) is 19.8 Å². The number of carbonyl (C=O) groups excluding carboxylic acids is 2. The predicted molar refractivity (Wildman–Crippen MR) is 69.3 cm³/mol. The summed E-state index contributed by atoms with van der Waals surface area (Å²) < 4.78 is 25.8. The third kappa shape index (κ3) is 2.35. The smallest absolute Gasteiger partial charge is 0.273 e. The van der Waals surface area contributed by atoms with Crippen LogP contribution in [-0.4, -0.2) is 22.8 Å². The Hall–Kier alpha value is -1.34. The maximum atomic E-state index is 12.9. The Bertz CT molecular complexity index is 559. The minimum Gasteiger partial charge on any atom is -0.295 e. The number of rotatable bonds is 2. The summed E-state index contributed by atoms with van der Waals surface area (Å²) in [5.41, 5.74) is 1.54. The molecule has 1 fully saturated rings. The van der Waals surface area contributed by atoms with Gasteiger partial charge in [0, 0.05) is 19.5 Å². The highest BCUT2D eigenvalue weighted by Crippen LogP contribution is 2.38. The second kappa shape index (κ2) is 5.21. The quantitative estimate of drug-likeness (QED) is 0.852. The first-order valence-electron chi connectivity index (χ1n) is 6.51. The lowest BCUT2D eigenvalue weighted by atomic mass is 10.1. The number of nitrogens with one attached hydrogen (secondary N) is 1. The average Bonchev–Trinajstić information content (AvgIpc) is 2.88. The highest BCUT2D eigenvalue weighted by molar-refractivity contribution is 7.10. The largest absolute Gasteiger partial charge is 0.295 e.